The van der Waals surface area contributed by atoms with E-state index in [0.29, 0.717) is 17.7 Å². The number of rotatable bonds is 6. The second-order valence-electron chi connectivity index (χ2n) is 6.03. The molecule has 25 heavy (non-hydrogen) atoms. The summed E-state index contributed by atoms with van der Waals surface area (Å²) in [6.07, 6.45) is 0. The van der Waals surface area contributed by atoms with Gasteiger partial charge in [0.1, 0.15) is 0 Å². The summed E-state index contributed by atoms with van der Waals surface area (Å²) < 4.78 is 27.8. The van der Waals surface area contributed by atoms with Crippen LogP contribution in [-0.4, -0.2) is 27.4 Å². The average molecular weight is 360 g/mol. The summed E-state index contributed by atoms with van der Waals surface area (Å²) in [7, 11) is -3.75. The Morgan fingerprint density at radius 3 is 2.12 bits per heavy atom. The van der Waals surface area contributed by atoms with Crippen LogP contribution in [0, 0.1) is 20.8 Å². The van der Waals surface area contributed by atoms with Gasteiger partial charge in [0.15, 0.2) is 0 Å². The summed E-state index contributed by atoms with van der Waals surface area (Å²) >= 11 is 0. The van der Waals surface area contributed by atoms with Gasteiger partial charge in [0.2, 0.25) is 15.9 Å². The van der Waals surface area contributed by atoms with Crippen LogP contribution in [0.15, 0.2) is 47.4 Å². The minimum Gasteiger partial charge on any atom is -0.312 e. The Hall–Kier alpha value is -2.18. The molecule has 5 nitrogen and oxygen atoms in total. The molecule has 0 heterocycles. The minimum absolute atomic E-state index is 0.244. The van der Waals surface area contributed by atoms with Crippen molar-refractivity contribution in [1.29, 1.82) is 0 Å². The standard InChI is InChI=1S/C19H24N2O3S/c1-5-21(17-9-7-6-8-10-17)18(22)13-20-25(23,24)19-15(3)11-14(2)12-16(19)4/h6-12,20H,5,13H2,1-4H3. The van der Waals surface area contributed by atoms with E-state index >= 15 is 0 Å². The molecule has 0 unspecified atom stereocenters. The van der Waals surface area contributed by atoms with Crippen molar-refractivity contribution < 1.29 is 13.2 Å². The highest BCUT2D eigenvalue weighted by atomic mass is 32.2. The van der Waals surface area contributed by atoms with Crippen molar-refractivity contribution in [2.45, 2.75) is 32.6 Å². The summed E-state index contributed by atoms with van der Waals surface area (Å²) in [6, 6.07) is 12.8. The number of sulfonamides is 1. The van der Waals surface area contributed by atoms with Crippen LogP contribution in [0.4, 0.5) is 5.69 Å². The molecule has 2 aromatic rings. The molecule has 0 aliphatic carbocycles. The molecule has 134 valence electrons. The van der Waals surface area contributed by atoms with Crippen LogP contribution in [0.25, 0.3) is 0 Å². The maximum atomic E-state index is 12.7. The second kappa shape index (κ2) is 7.80. The number of nitrogens with zero attached hydrogens (tertiary/aromatic N) is 1. The van der Waals surface area contributed by atoms with E-state index < -0.39 is 10.0 Å². The molecule has 0 aliphatic rings. The summed E-state index contributed by atoms with van der Waals surface area (Å²) in [5.74, 6) is -0.292. The monoisotopic (exact) mass is 360 g/mol. The van der Waals surface area contributed by atoms with Crippen LogP contribution in [0.3, 0.4) is 0 Å². The number of likely N-dealkylation sites (N-methyl/N-ethyl adjacent to an activating group) is 1. The molecule has 2 aromatic carbocycles. The van der Waals surface area contributed by atoms with Crippen LogP contribution >= 0.6 is 0 Å². The summed E-state index contributed by atoms with van der Waals surface area (Å²) in [5, 5.41) is 0. The van der Waals surface area contributed by atoms with Gasteiger partial charge in [-0.25, -0.2) is 13.1 Å². The second-order valence-corrected chi connectivity index (χ2v) is 7.73. The number of benzene rings is 2. The number of hydrogen-bond donors (Lipinski definition) is 1. The third-order valence-electron chi connectivity index (χ3n) is 3.97. The lowest BCUT2D eigenvalue weighted by Crippen LogP contribution is -2.40. The largest absolute Gasteiger partial charge is 0.312 e. The molecule has 1 amide bonds. The normalized spacial score (nSPS) is 11.4. The molecule has 2 rings (SSSR count). The lowest BCUT2D eigenvalue weighted by molar-refractivity contribution is -0.117. The minimum atomic E-state index is -3.75. The molecular formula is C19H24N2O3S. The third-order valence-corrected chi connectivity index (χ3v) is 5.68. The van der Waals surface area contributed by atoms with Gasteiger partial charge >= 0.3 is 0 Å². The molecule has 1 N–H and O–H groups in total. The SMILES string of the molecule is CCN(C(=O)CNS(=O)(=O)c1c(C)cc(C)cc1C)c1ccccc1. The summed E-state index contributed by atoms with van der Waals surface area (Å²) in [4.78, 5) is 14.3. The lowest BCUT2D eigenvalue weighted by Gasteiger charge is -2.21. The van der Waals surface area contributed by atoms with Gasteiger partial charge < -0.3 is 4.90 Å². The van der Waals surface area contributed by atoms with E-state index in [1.165, 1.54) is 0 Å². The van der Waals surface area contributed by atoms with Crippen LogP contribution in [0.1, 0.15) is 23.6 Å². The molecule has 0 saturated carbocycles. The van der Waals surface area contributed by atoms with Crippen LogP contribution in [0.5, 0.6) is 0 Å². The predicted octanol–water partition coefficient (Wildman–Crippen LogP) is 2.94. The number of carbonyl (C=O) groups excluding carboxylic acids is 1. The van der Waals surface area contributed by atoms with Crippen LogP contribution < -0.4 is 9.62 Å². The fourth-order valence-corrected chi connectivity index (χ4v) is 4.45. The Morgan fingerprint density at radius 1 is 1.04 bits per heavy atom. The van der Waals surface area contributed by atoms with E-state index in [4.69, 9.17) is 0 Å². The number of anilines is 1. The first-order chi connectivity index (χ1) is 11.8. The molecule has 0 fully saturated rings. The van der Waals surface area contributed by atoms with Gasteiger partial charge in [-0.1, -0.05) is 35.9 Å². The van der Waals surface area contributed by atoms with E-state index in [1.54, 1.807) is 18.7 Å². The van der Waals surface area contributed by atoms with E-state index in [-0.39, 0.29) is 17.3 Å². The maximum Gasteiger partial charge on any atom is 0.242 e. The zero-order chi connectivity index (χ0) is 18.6. The van der Waals surface area contributed by atoms with Crippen molar-refractivity contribution in [2.24, 2.45) is 0 Å². The topological polar surface area (TPSA) is 66.5 Å². The Morgan fingerprint density at radius 2 is 1.60 bits per heavy atom. The van der Waals surface area contributed by atoms with E-state index in [9.17, 15) is 13.2 Å². The van der Waals surface area contributed by atoms with Gasteiger partial charge in [0.05, 0.1) is 11.4 Å². The molecule has 0 radical (unpaired) electrons. The number of aryl methyl sites for hydroxylation is 3. The predicted molar refractivity (Wildman–Crippen MR) is 100 cm³/mol. The quantitative estimate of drug-likeness (QED) is 0.861. The van der Waals surface area contributed by atoms with Crippen molar-refractivity contribution in [1.82, 2.24) is 4.72 Å². The third kappa shape index (κ3) is 4.46. The average Bonchev–Trinajstić information content (AvgIpc) is 2.53. The molecular weight excluding hydrogens is 336 g/mol. The number of hydrogen-bond acceptors (Lipinski definition) is 3. The Kier molecular flexibility index (Phi) is 5.98. The molecule has 0 spiro atoms. The highest BCUT2D eigenvalue weighted by Crippen LogP contribution is 2.21. The number of carbonyl (C=O) groups is 1. The van der Waals surface area contributed by atoms with E-state index in [0.717, 1.165) is 11.3 Å². The fourth-order valence-electron chi connectivity index (χ4n) is 3.03. The lowest BCUT2D eigenvalue weighted by atomic mass is 10.1. The van der Waals surface area contributed by atoms with Crippen LogP contribution in [-0.2, 0) is 14.8 Å². The highest BCUT2D eigenvalue weighted by Gasteiger charge is 2.22. The molecule has 0 atom stereocenters. The first kappa shape index (κ1) is 19.1. The van der Waals surface area contributed by atoms with Crippen molar-refractivity contribution in [3.05, 3.63) is 59.2 Å². The molecule has 0 aromatic heterocycles. The van der Waals surface area contributed by atoms with Gasteiger partial charge in [0, 0.05) is 12.2 Å². The summed E-state index contributed by atoms with van der Waals surface area (Å²) in [5.41, 5.74) is 3.10. The van der Waals surface area contributed by atoms with Gasteiger partial charge in [0.25, 0.3) is 0 Å². The van der Waals surface area contributed by atoms with E-state index in [1.807, 2.05) is 56.3 Å². The Labute approximate surface area is 149 Å². The highest BCUT2D eigenvalue weighted by molar-refractivity contribution is 7.89. The van der Waals surface area contributed by atoms with Crippen LogP contribution in [0.2, 0.25) is 0 Å². The molecule has 0 aliphatic heterocycles. The number of amides is 1. The van der Waals surface area contributed by atoms with Crippen molar-refractivity contribution >= 4 is 21.6 Å². The van der Waals surface area contributed by atoms with E-state index in [2.05, 4.69) is 4.72 Å². The molecule has 6 heteroatoms. The maximum absolute atomic E-state index is 12.7. The van der Waals surface area contributed by atoms with Crippen molar-refractivity contribution in [2.75, 3.05) is 18.0 Å². The number of nitrogens with one attached hydrogen (secondary N) is 1. The molecule has 0 bridgehead atoms. The zero-order valence-corrected chi connectivity index (χ0v) is 15.9. The van der Waals surface area contributed by atoms with Crippen molar-refractivity contribution in [3.8, 4) is 0 Å². The first-order valence-corrected chi connectivity index (χ1v) is 9.67. The van der Waals surface area contributed by atoms with Crippen molar-refractivity contribution in [3.63, 3.8) is 0 Å². The van der Waals surface area contributed by atoms with Gasteiger partial charge in [-0.2, -0.15) is 0 Å². The van der Waals surface area contributed by atoms with Gasteiger partial charge in [-0.05, 0) is 51.0 Å². The Bertz CT molecular complexity index is 838. The zero-order valence-electron chi connectivity index (χ0n) is 15.0. The van der Waals surface area contributed by atoms with Gasteiger partial charge in [-0.3, -0.25) is 4.79 Å². The fraction of sp³-hybridized carbons (Fsp3) is 0.316. The first-order valence-electron chi connectivity index (χ1n) is 8.19. The Balaban J connectivity index is 2.18. The molecule has 0 saturated heterocycles. The summed E-state index contributed by atoms with van der Waals surface area (Å²) in [6.45, 7) is 7.49. The smallest absolute Gasteiger partial charge is 0.242 e. The number of para-hydroxylation sites is 1. The van der Waals surface area contributed by atoms with Gasteiger partial charge in [-0.15, -0.1) is 0 Å².